The van der Waals surface area contributed by atoms with Gasteiger partial charge in [0, 0.05) is 17.1 Å². The van der Waals surface area contributed by atoms with Gasteiger partial charge in [0.25, 0.3) is 0 Å². The van der Waals surface area contributed by atoms with Crippen LogP contribution in [0.3, 0.4) is 0 Å². The third-order valence-corrected chi connectivity index (χ3v) is 5.13. The summed E-state index contributed by atoms with van der Waals surface area (Å²) in [6.45, 7) is 5.52. The molecular formula is C16H20F3NO3. The topological polar surface area (TPSA) is 58.6 Å². The lowest BCUT2D eigenvalue weighted by Crippen LogP contribution is -2.45. The normalized spacial score (nSPS) is 26.8. The Labute approximate surface area is 132 Å². The van der Waals surface area contributed by atoms with Crippen molar-refractivity contribution in [3.05, 3.63) is 24.3 Å². The van der Waals surface area contributed by atoms with Crippen molar-refractivity contribution in [1.82, 2.24) is 0 Å². The number of carboxylic acids is 1. The van der Waals surface area contributed by atoms with Gasteiger partial charge in [0.2, 0.25) is 0 Å². The van der Waals surface area contributed by atoms with Crippen LogP contribution < -0.4 is 10.1 Å². The third kappa shape index (κ3) is 3.38. The van der Waals surface area contributed by atoms with E-state index in [1.54, 1.807) is 6.92 Å². The van der Waals surface area contributed by atoms with Crippen LogP contribution in [0, 0.1) is 10.8 Å². The first-order valence-electron chi connectivity index (χ1n) is 7.31. The summed E-state index contributed by atoms with van der Waals surface area (Å²) in [7, 11) is 0. The molecule has 0 spiro atoms. The van der Waals surface area contributed by atoms with Crippen molar-refractivity contribution in [2.75, 3.05) is 5.32 Å². The standard InChI is InChI=1S/C16H20F3NO3/c1-14(2)12(8-9-15(14,3)13(21)22)20-10-4-6-11(7-5-10)23-16(17,18)19/h4-7,12,20H,8-9H2,1-3H3,(H,21,22). The van der Waals surface area contributed by atoms with Gasteiger partial charge in [0.15, 0.2) is 0 Å². The molecule has 1 aliphatic rings. The highest BCUT2D eigenvalue weighted by atomic mass is 19.4. The molecule has 128 valence electrons. The lowest BCUT2D eigenvalue weighted by atomic mass is 9.68. The second-order valence-electron chi connectivity index (χ2n) is 6.67. The first kappa shape index (κ1) is 17.4. The van der Waals surface area contributed by atoms with E-state index in [9.17, 15) is 23.1 Å². The maximum atomic E-state index is 12.1. The van der Waals surface area contributed by atoms with Crippen LogP contribution in [-0.4, -0.2) is 23.5 Å². The van der Waals surface area contributed by atoms with Crippen molar-refractivity contribution >= 4 is 11.7 Å². The van der Waals surface area contributed by atoms with E-state index in [2.05, 4.69) is 10.1 Å². The zero-order valence-corrected chi connectivity index (χ0v) is 13.2. The van der Waals surface area contributed by atoms with Gasteiger partial charge in [-0.15, -0.1) is 13.2 Å². The number of carbonyl (C=O) groups is 1. The Morgan fingerprint density at radius 3 is 2.26 bits per heavy atom. The van der Waals surface area contributed by atoms with Gasteiger partial charge in [-0.05, 0) is 44.0 Å². The number of ether oxygens (including phenoxy) is 1. The molecule has 0 heterocycles. The van der Waals surface area contributed by atoms with Crippen LogP contribution in [-0.2, 0) is 4.79 Å². The highest BCUT2D eigenvalue weighted by Crippen LogP contribution is 2.53. The van der Waals surface area contributed by atoms with Crippen molar-refractivity contribution < 1.29 is 27.8 Å². The quantitative estimate of drug-likeness (QED) is 0.865. The number of nitrogens with one attached hydrogen (secondary N) is 1. The predicted molar refractivity (Wildman–Crippen MR) is 79.3 cm³/mol. The van der Waals surface area contributed by atoms with Crippen LogP contribution in [0.1, 0.15) is 33.6 Å². The molecule has 2 N–H and O–H groups in total. The molecule has 0 saturated heterocycles. The third-order valence-electron chi connectivity index (χ3n) is 5.13. The van der Waals surface area contributed by atoms with Gasteiger partial charge in [-0.2, -0.15) is 0 Å². The van der Waals surface area contributed by atoms with E-state index < -0.39 is 23.2 Å². The lowest BCUT2D eigenvalue weighted by molar-refractivity contribution is -0.274. The smallest absolute Gasteiger partial charge is 0.481 e. The van der Waals surface area contributed by atoms with Crippen molar-refractivity contribution in [2.45, 2.75) is 46.0 Å². The molecule has 4 nitrogen and oxygen atoms in total. The van der Waals surface area contributed by atoms with E-state index in [0.717, 1.165) is 0 Å². The molecule has 2 rings (SSSR count). The van der Waals surface area contributed by atoms with Gasteiger partial charge < -0.3 is 15.2 Å². The Hall–Kier alpha value is -1.92. The molecule has 0 amide bonds. The zero-order valence-electron chi connectivity index (χ0n) is 13.2. The number of hydrogen-bond acceptors (Lipinski definition) is 3. The molecular weight excluding hydrogens is 311 g/mol. The van der Waals surface area contributed by atoms with Crippen LogP contribution in [0.5, 0.6) is 5.75 Å². The molecule has 1 aromatic rings. The number of carboxylic acid groups (broad SMARTS) is 1. The number of hydrogen-bond donors (Lipinski definition) is 2. The minimum absolute atomic E-state index is 0.0852. The van der Waals surface area contributed by atoms with Crippen molar-refractivity contribution in [3.8, 4) is 5.75 Å². The van der Waals surface area contributed by atoms with Crippen LogP contribution >= 0.6 is 0 Å². The van der Waals surface area contributed by atoms with Gasteiger partial charge in [0.1, 0.15) is 5.75 Å². The molecule has 1 fully saturated rings. The molecule has 2 unspecified atom stereocenters. The summed E-state index contributed by atoms with van der Waals surface area (Å²) < 4.78 is 40.2. The second-order valence-corrected chi connectivity index (χ2v) is 6.67. The van der Waals surface area contributed by atoms with Crippen LogP contribution in [0.4, 0.5) is 18.9 Å². The first-order valence-corrected chi connectivity index (χ1v) is 7.31. The van der Waals surface area contributed by atoms with Crippen LogP contribution in [0.15, 0.2) is 24.3 Å². The predicted octanol–water partition coefficient (Wildman–Crippen LogP) is 4.28. The summed E-state index contributed by atoms with van der Waals surface area (Å²) in [6, 6.07) is 5.36. The van der Waals surface area contributed by atoms with Crippen LogP contribution in [0.2, 0.25) is 0 Å². The Kier molecular flexibility index (Phi) is 4.26. The van der Waals surface area contributed by atoms with Gasteiger partial charge in [-0.1, -0.05) is 13.8 Å². The Bertz CT molecular complexity index is 583. The SMILES string of the molecule is CC1(C(=O)O)CCC(Nc2ccc(OC(F)(F)F)cc2)C1(C)C. The average Bonchev–Trinajstić information content (AvgIpc) is 2.64. The summed E-state index contributed by atoms with van der Waals surface area (Å²) in [5.41, 5.74) is -0.712. The largest absolute Gasteiger partial charge is 0.573 e. The molecule has 7 heteroatoms. The molecule has 0 bridgehead atoms. The first-order chi connectivity index (χ1) is 10.5. The fraction of sp³-hybridized carbons (Fsp3) is 0.562. The minimum Gasteiger partial charge on any atom is -0.481 e. The monoisotopic (exact) mass is 331 g/mol. The van der Waals surface area contributed by atoms with E-state index in [-0.39, 0.29) is 11.8 Å². The van der Waals surface area contributed by atoms with Gasteiger partial charge in [-0.3, -0.25) is 4.79 Å². The molecule has 0 radical (unpaired) electrons. The number of anilines is 1. The number of benzene rings is 1. The van der Waals surface area contributed by atoms with E-state index in [1.165, 1.54) is 24.3 Å². The fourth-order valence-corrected chi connectivity index (χ4v) is 3.09. The number of aliphatic carboxylic acids is 1. The molecule has 0 aliphatic heterocycles. The number of rotatable bonds is 4. The van der Waals surface area contributed by atoms with Crippen LogP contribution in [0.25, 0.3) is 0 Å². The molecule has 23 heavy (non-hydrogen) atoms. The van der Waals surface area contributed by atoms with E-state index in [0.29, 0.717) is 18.5 Å². The summed E-state index contributed by atoms with van der Waals surface area (Å²) in [5, 5.41) is 12.7. The van der Waals surface area contributed by atoms with Gasteiger partial charge >= 0.3 is 12.3 Å². The Morgan fingerprint density at radius 1 is 1.26 bits per heavy atom. The minimum atomic E-state index is -4.72. The molecule has 1 saturated carbocycles. The Morgan fingerprint density at radius 2 is 1.83 bits per heavy atom. The Balaban J connectivity index is 2.10. The van der Waals surface area contributed by atoms with Crippen molar-refractivity contribution in [1.29, 1.82) is 0 Å². The highest BCUT2D eigenvalue weighted by Gasteiger charge is 2.56. The van der Waals surface area contributed by atoms with E-state index in [1.807, 2.05) is 13.8 Å². The van der Waals surface area contributed by atoms with E-state index in [4.69, 9.17) is 0 Å². The maximum absolute atomic E-state index is 12.1. The van der Waals surface area contributed by atoms with Gasteiger partial charge in [0.05, 0.1) is 5.41 Å². The molecule has 0 aromatic heterocycles. The fourth-order valence-electron chi connectivity index (χ4n) is 3.09. The second kappa shape index (κ2) is 5.62. The zero-order chi connectivity index (χ0) is 17.5. The summed E-state index contributed by atoms with van der Waals surface area (Å²) >= 11 is 0. The van der Waals surface area contributed by atoms with Crippen molar-refractivity contribution in [2.24, 2.45) is 10.8 Å². The molecule has 1 aromatic carbocycles. The summed E-state index contributed by atoms with van der Waals surface area (Å²) in [4.78, 5) is 11.6. The summed E-state index contributed by atoms with van der Waals surface area (Å²) in [6.07, 6.45) is -3.50. The van der Waals surface area contributed by atoms with Crippen molar-refractivity contribution in [3.63, 3.8) is 0 Å². The molecule has 2 atom stereocenters. The number of alkyl halides is 3. The maximum Gasteiger partial charge on any atom is 0.573 e. The number of halogens is 3. The summed E-state index contributed by atoms with van der Waals surface area (Å²) in [5.74, 6) is -1.12. The molecule has 1 aliphatic carbocycles. The highest BCUT2D eigenvalue weighted by molar-refractivity contribution is 5.76. The lowest BCUT2D eigenvalue weighted by Gasteiger charge is -2.39. The van der Waals surface area contributed by atoms with Gasteiger partial charge in [-0.25, -0.2) is 0 Å². The van der Waals surface area contributed by atoms with E-state index >= 15 is 0 Å². The average molecular weight is 331 g/mol.